The molecule has 1 amide bonds. The molecule has 0 bridgehead atoms. The molecule has 1 fully saturated rings. The summed E-state index contributed by atoms with van der Waals surface area (Å²) in [6.07, 6.45) is 5.78. The van der Waals surface area contributed by atoms with Crippen molar-refractivity contribution in [3.63, 3.8) is 0 Å². The van der Waals surface area contributed by atoms with Crippen LogP contribution >= 0.6 is 0 Å². The summed E-state index contributed by atoms with van der Waals surface area (Å²) in [5, 5.41) is 12.4. The Kier molecular flexibility index (Phi) is 4.06. The smallest absolute Gasteiger partial charge is 0.240 e. The second-order valence-corrected chi connectivity index (χ2v) is 6.61. The van der Waals surface area contributed by atoms with E-state index >= 15 is 0 Å². The Balaban J connectivity index is 1.69. The predicted molar refractivity (Wildman–Crippen MR) is 86.7 cm³/mol. The number of nitriles is 1. The molecule has 0 saturated heterocycles. The van der Waals surface area contributed by atoms with E-state index in [4.69, 9.17) is 0 Å². The summed E-state index contributed by atoms with van der Waals surface area (Å²) in [6, 6.07) is 8.75. The number of carbonyl (C=O) groups excluding carboxylic acids is 1. The Hall–Kier alpha value is -2.02. The van der Waals surface area contributed by atoms with Crippen molar-refractivity contribution >= 4 is 11.6 Å². The highest BCUT2D eigenvalue weighted by molar-refractivity contribution is 5.83. The molecule has 0 atom stereocenters. The molecule has 116 valence electrons. The summed E-state index contributed by atoms with van der Waals surface area (Å²) in [5.74, 6) is -0.0307. The Morgan fingerprint density at radius 2 is 2.14 bits per heavy atom. The zero-order chi connectivity index (χ0) is 15.6. The van der Waals surface area contributed by atoms with E-state index in [0.717, 1.165) is 45.1 Å². The van der Waals surface area contributed by atoms with Crippen molar-refractivity contribution in [2.24, 2.45) is 0 Å². The van der Waals surface area contributed by atoms with Crippen LogP contribution in [0.1, 0.15) is 43.2 Å². The van der Waals surface area contributed by atoms with Crippen molar-refractivity contribution in [3.8, 4) is 6.07 Å². The summed E-state index contributed by atoms with van der Waals surface area (Å²) in [5.41, 5.74) is 3.14. The molecule has 4 heteroatoms. The average Bonchev–Trinajstić information content (AvgIpc) is 2.96. The maximum Gasteiger partial charge on any atom is 0.240 e. The van der Waals surface area contributed by atoms with Gasteiger partial charge in [-0.05, 0) is 57.1 Å². The molecule has 1 heterocycles. The highest BCUT2D eigenvalue weighted by Gasteiger charge is 2.35. The van der Waals surface area contributed by atoms with E-state index in [1.807, 2.05) is 0 Å². The van der Waals surface area contributed by atoms with Crippen LogP contribution in [0.15, 0.2) is 18.2 Å². The van der Waals surface area contributed by atoms with E-state index in [-0.39, 0.29) is 5.91 Å². The normalized spacial score (nSPS) is 19.4. The van der Waals surface area contributed by atoms with Gasteiger partial charge in [-0.2, -0.15) is 5.26 Å². The molecule has 1 aromatic carbocycles. The quantitative estimate of drug-likeness (QED) is 0.933. The second-order valence-electron chi connectivity index (χ2n) is 6.61. The van der Waals surface area contributed by atoms with Crippen molar-refractivity contribution < 1.29 is 4.79 Å². The first-order valence-corrected chi connectivity index (χ1v) is 8.19. The highest BCUT2D eigenvalue weighted by atomic mass is 16.2. The summed E-state index contributed by atoms with van der Waals surface area (Å²) in [7, 11) is 0. The van der Waals surface area contributed by atoms with Crippen LogP contribution in [-0.2, 0) is 11.2 Å². The summed E-state index contributed by atoms with van der Waals surface area (Å²) < 4.78 is 0. The second kappa shape index (κ2) is 6.00. The predicted octanol–water partition coefficient (Wildman–Crippen LogP) is 2.70. The lowest BCUT2D eigenvalue weighted by Crippen LogP contribution is -2.49. The minimum atomic E-state index is -0.622. The van der Waals surface area contributed by atoms with E-state index in [9.17, 15) is 10.1 Å². The number of fused-ring (bicyclic) bond motifs is 1. The van der Waals surface area contributed by atoms with Gasteiger partial charge in [0.05, 0.1) is 12.6 Å². The molecular weight excluding hydrogens is 274 g/mol. The molecule has 3 rings (SSSR count). The van der Waals surface area contributed by atoms with Crippen LogP contribution in [0, 0.1) is 18.3 Å². The first-order valence-electron chi connectivity index (χ1n) is 8.19. The fraction of sp³-hybridized carbons (Fsp3) is 0.556. The van der Waals surface area contributed by atoms with Crippen molar-refractivity contribution in [2.45, 2.75) is 51.0 Å². The van der Waals surface area contributed by atoms with Gasteiger partial charge in [0.1, 0.15) is 5.54 Å². The van der Waals surface area contributed by atoms with Gasteiger partial charge in [0, 0.05) is 12.2 Å². The van der Waals surface area contributed by atoms with Crippen molar-refractivity contribution in [1.82, 2.24) is 5.32 Å². The van der Waals surface area contributed by atoms with Gasteiger partial charge in [-0.15, -0.1) is 0 Å². The summed E-state index contributed by atoms with van der Waals surface area (Å²) in [4.78, 5) is 14.6. The molecule has 2 aliphatic rings. The maximum absolute atomic E-state index is 12.4. The lowest BCUT2D eigenvalue weighted by molar-refractivity contribution is -0.121. The number of hydrogen-bond donors (Lipinski definition) is 1. The third-order valence-corrected chi connectivity index (χ3v) is 4.83. The fourth-order valence-electron chi connectivity index (χ4n) is 3.69. The van der Waals surface area contributed by atoms with Gasteiger partial charge in [-0.25, -0.2) is 0 Å². The SMILES string of the molecule is Cc1ccc2c(c1)CCCN2CC(=O)NC1(C#N)CCCC1. The molecule has 0 radical (unpaired) electrons. The zero-order valence-electron chi connectivity index (χ0n) is 13.2. The molecule has 0 aromatic heterocycles. The van der Waals surface area contributed by atoms with Crippen LogP contribution in [0.2, 0.25) is 0 Å². The molecule has 1 N–H and O–H groups in total. The standard InChI is InChI=1S/C18H23N3O/c1-14-6-7-16-15(11-14)5-4-10-21(16)12-17(22)20-18(13-19)8-2-3-9-18/h6-7,11H,2-5,8-10,12H2,1H3,(H,20,22). The van der Waals surface area contributed by atoms with E-state index in [2.05, 4.69) is 41.4 Å². The fourth-order valence-corrected chi connectivity index (χ4v) is 3.69. The maximum atomic E-state index is 12.4. The van der Waals surface area contributed by atoms with Gasteiger partial charge < -0.3 is 10.2 Å². The third kappa shape index (κ3) is 2.94. The average molecular weight is 297 g/mol. The minimum Gasteiger partial charge on any atom is -0.362 e. The number of anilines is 1. The van der Waals surface area contributed by atoms with Crippen LogP contribution in [0.4, 0.5) is 5.69 Å². The Labute approximate surface area is 132 Å². The molecule has 1 aromatic rings. The number of nitrogens with one attached hydrogen (secondary N) is 1. The topological polar surface area (TPSA) is 56.1 Å². The van der Waals surface area contributed by atoms with E-state index in [0.29, 0.717) is 6.54 Å². The molecule has 1 saturated carbocycles. The Morgan fingerprint density at radius 3 is 2.86 bits per heavy atom. The van der Waals surface area contributed by atoms with Gasteiger partial charge in [-0.1, -0.05) is 17.7 Å². The number of aryl methyl sites for hydroxylation is 2. The van der Waals surface area contributed by atoms with Gasteiger partial charge in [0.15, 0.2) is 0 Å². The third-order valence-electron chi connectivity index (χ3n) is 4.83. The van der Waals surface area contributed by atoms with Crippen LogP contribution in [0.3, 0.4) is 0 Å². The van der Waals surface area contributed by atoms with Crippen LogP contribution in [0.5, 0.6) is 0 Å². The lowest BCUT2D eigenvalue weighted by atomic mass is 9.98. The van der Waals surface area contributed by atoms with Crippen molar-refractivity contribution in [2.75, 3.05) is 18.0 Å². The van der Waals surface area contributed by atoms with Crippen LogP contribution < -0.4 is 10.2 Å². The lowest BCUT2D eigenvalue weighted by Gasteiger charge is -2.32. The number of nitrogens with zero attached hydrogens (tertiary/aromatic N) is 2. The first-order chi connectivity index (χ1) is 10.6. The van der Waals surface area contributed by atoms with Gasteiger partial charge in [0.2, 0.25) is 5.91 Å². The minimum absolute atomic E-state index is 0.0307. The number of rotatable bonds is 3. The molecule has 0 spiro atoms. The van der Waals surface area contributed by atoms with Gasteiger partial charge in [-0.3, -0.25) is 4.79 Å². The van der Waals surface area contributed by atoms with E-state index in [1.54, 1.807) is 0 Å². The summed E-state index contributed by atoms with van der Waals surface area (Å²) in [6.45, 7) is 3.35. The van der Waals surface area contributed by atoms with E-state index in [1.165, 1.54) is 16.8 Å². The molecular formula is C18H23N3O. The molecule has 4 nitrogen and oxygen atoms in total. The number of amides is 1. The number of benzene rings is 1. The highest BCUT2D eigenvalue weighted by Crippen LogP contribution is 2.30. The first kappa shape index (κ1) is 14.9. The number of carbonyl (C=O) groups is 1. The largest absolute Gasteiger partial charge is 0.362 e. The Bertz CT molecular complexity index is 611. The van der Waals surface area contributed by atoms with Crippen LogP contribution in [0.25, 0.3) is 0 Å². The molecule has 0 unspecified atom stereocenters. The zero-order valence-corrected chi connectivity index (χ0v) is 13.2. The molecule has 1 aliphatic heterocycles. The van der Waals surface area contributed by atoms with Gasteiger partial charge >= 0.3 is 0 Å². The monoisotopic (exact) mass is 297 g/mol. The van der Waals surface area contributed by atoms with Crippen molar-refractivity contribution in [3.05, 3.63) is 29.3 Å². The van der Waals surface area contributed by atoms with Crippen LogP contribution in [-0.4, -0.2) is 24.5 Å². The number of hydrogen-bond acceptors (Lipinski definition) is 3. The van der Waals surface area contributed by atoms with Crippen molar-refractivity contribution in [1.29, 1.82) is 5.26 Å². The van der Waals surface area contributed by atoms with Gasteiger partial charge in [0.25, 0.3) is 0 Å². The van der Waals surface area contributed by atoms with E-state index < -0.39 is 5.54 Å². The summed E-state index contributed by atoms with van der Waals surface area (Å²) >= 11 is 0. The Morgan fingerprint density at radius 1 is 1.36 bits per heavy atom. The molecule has 1 aliphatic carbocycles. The molecule has 22 heavy (non-hydrogen) atoms.